The fourth-order valence-electron chi connectivity index (χ4n) is 1.80. The van der Waals surface area contributed by atoms with Crippen LogP contribution in [-0.4, -0.2) is 12.9 Å². The van der Waals surface area contributed by atoms with Crippen LogP contribution in [0.4, 0.5) is 0 Å². The minimum atomic E-state index is 0.421. The molecule has 0 spiro atoms. The third-order valence-corrected chi connectivity index (χ3v) is 4.19. The highest BCUT2D eigenvalue weighted by Crippen LogP contribution is 2.40. The first-order valence-corrected chi connectivity index (χ1v) is 5.89. The second-order valence-electron chi connectivity index (χ2n) is 4.60. The summed E-state index contributed by atoms with van der Waals surface area (Å²) in [4.78, 5) is 1.42. The lowest BCUT2D eigenvalue weighted by Crippen LogP contribution is -2.22. The van der Waals surface area contributed by atoms with Crippen molar-refractivity contribution in [2.24, 2.45) is 5.41 Å². The van der Waals surface area contributed by atoms with E-state index in [1.165, 1.54) is 16.2 Å². The number of rotatable bonds is 1. The van der Waals surface area contributed by atoms with Crippen LogP contribution in [0.15, 0.2) is 23.1 Å². The molecule has 0 saturated carbocycles. The Morgan fingerprint density at radius 2 is 2.14 bits per heavy atom. The Hall–Kier alpha value is -0.630. The lowest BCUT2D eigenvalue weighted by atomic mass is 9.87. The molecule has 0 aliphatic carbocycles. The summed E-state index contributed by atoms with van der Waals surface area (Å²) in [6.07, 6.45) is 1.16. The van der Waals surface area contributed by atoms with Crippen molar-refractivity contribution in [1.29, 1.82) is 0 Å². The van der Waals surface area contributed by atoms with E-state index < -0.39 is 0 Å². The molecule has 2 rings (SSSR count). The maximum atomic E-state index is 5.24. The molecule has 2 heteroatoms. The van der Waals surface area contributed by atoms with E-state index in [0.717, 1.165) is 12.2 Å². The zero-order valence-electron chi connectivity index (χ0n) is 8.96. The van der Waals surface area contributed by atoms with Gasteiger partial charge in [-0.3, -0.25) is 0 Å². The summed E-state index contributed by atoms with van der Waals surface area (Å²) in [5, 5.41) is 0. The monoisotopic (exact) mass is 208 g/mol. The van der Waals surface area contributed by atoms with Gasteiger partial charge in [0.2, 0.25) is 0 Å². The molecule has 0 N–H and O–H groups in total. The Kier molecular flexibility index (Phi) is 2.48. The first kappa shape index (κ1) is 9.91. The van der Waals surface area contributed by atoms with Gasteiger partial charge in [0.05, 0.1) is 7.11 Å². The second-order valence-corrected chi connectivity index (χ2v) is 5.62. The molecule has 1 heterocycles. The van der Waals surface area contributed by atoms with Crippen molar-refractivity contribution in [3.05, 3.63) is 23.8 Å². The van der Waals surface area contributed by atoms with E-state index in [1.54, 1.807) is 7.11 Å². The Balaban J connectivity index is 2.34. The van der Waals surface area contributed by atoms with Crippen LogP contribution in [-0.2, 0) is 6.42 Å². The number of hydrogen-bond acceptors (Lipinski definition) is 2. The summed E-state index contributed by atoms with van der Waals surface area (Å²) in [5.41, 5.74) is 1.86. The molecule has 1 aliphatic rings. The minimum Gasteiger partial charge on any atom is -0.497 e. The van der Waals surface area contributed by atoms with Crippen LogP contribution in [0.25, 0.3) is 0 Å². The average molecular weight is 208 g/mol. The largest absolute Gasteiger partial charge is 0.497 e. The molecule has 0 bridgehead atoms. The Morgan fingerprint density at radius 1 is 1.36 bits per heavy atom. The maximum absolute atomic E-state index is 5.24. The van der Waals surface area contributed by atoms with E-state index in [1.807, 2.05) is 17.8 Å². The molecular weight excluding hydrogens is 192 g/mol. The molecular formula is C12H16OS. The highest BCUT2D eigenvalue weighted by molar-refractivity contribution is 7.99. The quantitative estimate of drug-likeness (QED) is 0.700. The summed E-state index contributed by atoms with van der Waals surface area (Å²) in [6, 6.07) is 6.39. The first-order valence-electron chi connectivity index (χ1n) is 4.90. The van der Waals surface area contributed by atoms with Crippen LogP contribution in [0, 0.1) is 5.41 Å². The third-order valence-electron chi connectivity index (χ3n) is 2.56. The number of ether oxygens (including phenoxy) is 1. The van der Waals surface area contributed by atoms with Crippen molar-refractivity contribution >= 4 is 11.8 Å². The van der Waals surface area contributed by atoms with Crippen LogP contribution in [0.2, 0.25) is 0 Å². The molecule has 1 nitrogen and oxygen atoms in total. The minimum absolute atomic E-state index is 0.421. The van der Waals surface area contributed by atoms with Gasteiger partial charge < -0.3 is 4.74 Å². The standard InChI is InChI=1S/C12H16OS/c1-12(2)7-9-6-10(13-3)4-5-11(9)14-8-12/h4-6H,7-8H2,1-3H3. The molecule has 0 atom stereocenters. The number of fused-ring (bicyclic) bond motifs is 1. The lowest BCUT2D eigenvalue weighted by Gasteiger charge is -2.30. The summed E-state index contributed by atoms with van der Waals surface area (Å²) in [6.45, 7) is 4.64. The van der Waals surface area contributed by atoms with Crippen LogP contribution in [0.3, 0.4) is 0 Å². The van der Waals surface area contributed by atoms with Gasteiger partial charge in [-0.1, -0.05) is 13.8 Å². The number of benzene rings is 1. The lowest BCUT2D eigenvalue weighted by molar-refractivity contribution is 0.400. The molecule has 0 unspecified atom stereocenters. The Labute approximate surface area is 89.9 Å². The molecule has 14 heavy (non-hydrogen) atoms. The SMILES string of the molecule is COc1ccc2c(c1)CC(C)(C)CS2. The van der Waals surface area contributed by atoms with Gasteiger partial charge in [-0.2, -0.15) is 0 Å². The highest BCUT2D eigenvalue weighted by atomic mass is 32.2. The van der Waals surface area contributed by atoms with Gasteiger partial charge in [0.1, 0.15) is 5.75 Å². The van der Waals surface area contributed by atoms with Gasteiger partial charge in [0, 0.05) is 10.6 Å². The van der Waals surface area contributed by atoms with Crippen molar-refractivity contribution < 1.29 is 4.74 Å². The van der Waals surface area contributed by atoms with Gasteiger partial charge in [-0.15, -0.1) is 11.8 Å². The van der Waals surface area contributed by atoms with E-state index in [4.69, 9.17) is 4.74 Å². The van der Waals surface area contributed by atoms with E-state index in [2.05, 4.69) is 26.0 Å². The average Bonchev–Trinajstić information content (AvgIpc) is 2.15. The molecule has 0 fully saturated rings. The normalized spacial score (nSPS) is 18.8. The van der Waals surface area contributed by atoms with Crippen molar-refractivity contribution in [2.45, 2.75) is 25.2 Å². The van der Waals surface area contributed by atoms with Gasteiger partial charge in [0.25, 0.3) is 0 Å². The second kappa shape index (κ2) is 3.50. The van der Waals surface area contributed by atoms with Crippen molar-refractivity contribution in [2.75, 3.05) is 12.9 Å². The first-order chi connectivity index (χ1) is 6.61. The van der Waals surface area contributed by atoms with Crippen molar-refractivity contribution in [3.8, 4) is 5.75 Å². The topological polar surface area (TPSA) is 9.23 Å². The summed E-state index contributed by atoms with van der Waals surface area (Å²) in [5.74, 6) is 2.19. The molecule has 0 aromatic heterocycles. The molecule has 1 aliphatic heterocycles. The zero-order valence-corrected chi connectivity index (χ0v) is 9.78. The third kappa shape index (κ3) is 1.90. The fourth-order valence-corrected chi connectivity index (χ4v) is 2.93. The van der Waals surface area contributed by atoms with Gasteiger partial charge in [-0.05, 0) is 35.6 Å². The van der Waals surface area contributed by atoms with Gasteiger partial charge >= 0.3 is 0 Å². The van der Waals surface area contributed by atoms with Crippen molar-refractivity contribution in [1.82, 2.24) is 0 Å². The fraction of sp³-hybridized carbons (Fsp3) is 0.500. The molecule has 1 aromatic carbocycles. The number of hydrogen-bond donors (Lipinski definition) is 0. The molecule has 1 aromatic rings. The van der Waals surface area contributed by atoms with Gasteiger partial charge in [-0.25, -0.2) is 0 Å². The predicted octanol–water partition coefficient (Wildman–Crippen LogP) is 3.37. The van der Waals surface area contributed by atoms with Crippen LogP contribution in [0.1, 0.15) is 19.4 Å². The van der Waals surface area contributed by atoms with E-state index in [0.29, 0.717) is 5.41 Å². The van der Waals surface area contributed by atoms with Crippen LogP contribution < -0.4 is 4.74 Å². The summed E-state index contributed by atoms with van der Waals surface area (Å²) in [7, 11) is 1.73. The summed E-state index contributed by atoms with van der Waals surface area (Å²) >= 11 is 1.96. The van der Waals surface area contributed by atoms with Gasteiger partial charge in [0.15, 0.2) is 0 Å². The van der Waals surface area contributed by atoms with E-state index in [9.17, 15) is 0 Å². The molecule has 76 valence electrons. The van der Waals surface area contributed by atoms with Crippen LogP contribution in [0.5, 0.6) is 5.75 Å². The maximum Gasteiger partial charge on any atom is 0.119 e. The predicted molar refractivity (Wildman–Crippen MR) is 61.2 cm³/mol. The van der Waals surface area contributed by atoms with E-state index >= 15 is 0 Å². The molecule has 0 radical (unpaired) electrons. The number of methoxy groups -OCH3 is 1. The summed E-state index contributed by atoms with van der Waals surface area (Å²) < 4.78 is 5.24. The van der Waals surface area contributed by atoms with E-state index in [-0.39, 0.29) is 0 Å². The highest BCUT2D eigenvalue weighted by Gasteiger charge is 2.25. The molecule has 0 saturated heterocycles. The zero-order chi connectivity index (χ0) is 10.2. The Bertz CT molecular complexity index is 344. The van der Waals surface area contributed by atoms with Crippen molar-refractivity contribution in [3.63, 3.8) is 0 Å². The molecule has 0 amide bonds. The van der Waals surface area contributed by atoms with Crippen LogP contribution >= 0.6 is 11.8 Å². The number of thioether (sulfide) groups is 1. The Morgan fingerprint density at radius 3 is 2.86 bits per heavy atom. The smallest absolute Gasteiger partial charge is 0.119 e.